The fraction of sp³-hybridized carbons (Fsp3) is 0.800. The van der Waals surface area contributed by atoms with Gasteiger partial charge in [-0.1, -0.05) is 0 Å². The summed E-state index contributed by atoms with van der Waals surface area (Å²) in [5.41, 5.74) is -0.793. The average molecular weight is 180 g/mol. The summed E-state index contributed by atoms with van der Waals surface area (Å²) in [5.74, 6) is 0. The first-order valence-corrected chi connectivity index (χ1v) is 4.31. The third kappa shape index (κ3) is 5.09. The Bertz CT molecular complexity index is 243. The zero-order valence-electron chi connectivity index (χ0n) is 8.72. The van der Waals surface area contributed by atoms with E-state index >= 15 is 0 Å². The van der Waals surface area contributed by atoms with Crippen LogP contribution < -0.4 is 0 Å². The number of hydrogen-bond donors (Lipinski definition) is 0. The fourth-order valence-corrected chi connectivity index (χ4v) is 0.844. The van der Waals surface area contributed by atoms with Gasteiger partial charge in [0.25, 0.3) is 6.26 Å². The third-order valence-electron chi connectivity index (χ3n) is 1.98. The molecule has 0 heterocycles. The largest absolute Gasteiger partial charge is 0.421 e. The standard InChI is InChI=1S/C10H16N2O/c1-9(2,7-11)5-6-10(3,4)13-8-12/h5-6H2,1-4H3. The summed E-state index contributed by atoms with van der Waals surface area (Å²) in [5, 5.41) is 17.1. The van der Waals surface area contributed by atoms with Gasteiger partial charge in [0.1, 0.15) is 5.60 Å². The SMILES string of the molecule is CC(C)(C#N)CCC(C)(C)OC#N. The molecule has 0 amide bonds. The van der Waals surface area contributed by atoms with Crippen LogP contribution in [0.3, 0.4) is 0 Å². The third-order valence-corrected chi connectivity index (χ3v) is 1.98. The first kappa shape index (κ1) is 11.8. The second-order valence-electron chi connectivity index (χ2n) is 4.45. The Hall–Kier alpha value is -1.22. The Morgan fingerprint density at radius 1 is 1.08 bits per heavy atom. The van der Waals surface area contributed by atoms with Gasteiger partial charge in [-0.3, -0.25) is 0 Å². The summed E-state index contributed by atoms with van der Waals surface area (Å²) in [7, 11) is 0. The lowest BCUT2D eigenvalue weighted by atomic mass is 9.85. The molecule has 0 aliphatic carbocycles. The minimum absolute atomic E-state index is 0.337. The van der Waals surface area contributed by atoms with Gasteiger partial charge in [-0.2, -0.15) is 10.5 Å². The Morgan fingerprint density at radius 3 is 2.00 bits per heavy atom. The first-order valence-electron chi connectivity index (χ1n) is 4.31. The number of nitrogens with zero attached hydrogens (tertiary/aromatic N) is 2. The van der Waals surface area contributed by atoms with E-state index < -0.39 is 5.60 Å². The van der Waals surface area contributed by atoms with Crippen LogP contribution in [-0.4, -0.2) is 5.60 Å². The van der Waals surface area contributed by atoms with Crippen molar-refractivity contribution in [3.05, 3.63) is 0 Å². The highest BCUT2D eigenvalue weighted by Crippen LogP contribution is 2.26. The van der Waals surface area contributed by atoms with Crippen molar-refractivity contribution in [1.82, 2.24) is 0 Å². The molecule has 0 radical (unpaired) electrons. The van der Waals surface area contributed by atoms with Crippen molar-refractivity contribution in [3.8, 4) is 12.3 Å². The van der Waals surface area contributed by atoms with Crippen LogP contribution in [0.4, 0.5) is 0 Å². The number of ether oxygens (including phenoxy) is 1. The molecule has 0 aromatic heterocycles. The van der Waals surface area contributed by atoms with Crippen LogP contribution in [0.15, 0.2) is 0 Å². The summed E-state index contributed by atoms with van der Waals surface area (Å²) < 4.78 is 4.87. The Balaban J connectivity index is 4.05. The summed E-state index contributed by atoms with van der Waals surface area (Å²) in [6.07, 6.45) is 3.12. The van der Waals surface area contributed by atoms with Gasteiger partial charge in [-0.15, -0.1) is 0 Å². The van der Waals surface area contributed by atoms with Gasteiger partial charge in [0.05, 0.1) is 11.5 Å². The molecular formula is C10H16N2O. The molecule has 0 aliphatic heterocycles. The molecule has 0 saturated carbocycles. The topological polar surface area (TPSA) is 56.8 Å². The molecule has 0 aromatic rings. The van der Waals surface area contributed by atoms with Gasteiger partial charge < -0.3 is 4.74 Å². The average Bonchev–Trinajstić information content (AvgIpc) is 2.02. The van der Waals surface area contributed by atoms with E-state index in [1.54, 1.807) is 6.26 Å². The van der Waals surface area contributed by atoms with Crippen molar-refractivity contribution in [2.24, 2.45) is 5.41 Å². The zero-order chi connectivity index (χ0) is 10.5. The lowest BCUT2D eigenvalue weighted by Crippen LogP contribution is -2.24. The predicted octanol–water partition coefficient (Wildman–Crippen LogP) is 2.59. The second-order valence-corrected chi connectivity index (χ2v) is 4.45. The molecule has 0 fully saturated rings. The van der Waals surface area contributed by atoms with Crippen molar-refractivity contribution in [2.75, 3.05) is 0 Å². The molecule has 0 bridgehead atoms. The van der Waals surface area contributed by atoms with Crippen LogP contribution in [0.1, 0.15) is 40.5 Å². The zero-order valence-corrected chi connectivity index (χ0v) is 8.72. The molecule has 0 unspecified atom stereocenters. The van der Waals surface area contributed by atoms with Crippen molar-refractivity contribution in [2.45, 2.75) is 46.1 Å². The van der Waals surface area contributed by atoms with E-state index in [1.807, 2.05) is 27.7 Å². The highest BCUT2D eigenvalue weighted by atomic mass is 16.5. The van der Waals surface area contributed by atoms with Crippen LogP contribution in [0.5, 0.6) is 0 Å². The molecule has 0 aromatic carbocycles. The molecule has 3 heteroatoms. The van der Waals surface area contributed by atoms with Crippen LogP contribution in [0.25, 0.3) is 0 Å². The van der Waals surface area contributed by atoms with E-state index in [2.05, 4.69) is 6.07 Å². The van der Waals surface area contributed by atoms with E-state index in [0.29, 0.717) is 6.42 Å². The van der Waals surface area contributed by atoms with Gasteiger partial charge >= 0.3 is 0 Å². The van der Waals surface area contributed by atoms with Gasteiger partial charge in [-0.25, -0.2) is 0 Å². The molecule has 72 valence electrons. The quantitative estimate of drug-likeness (QED) is 0.625. The Kier molecular flexibility index (Phi) is 3.75. The minimum atomic E-state index is -0.455. The number of rotatable bonds is 4. The monoisotopic (exact) mass is 180 g/mol. The van der Waals surface area contributed by atoms with E-state index in [1.165, 1.54) is 0 Å². The molecule has 3 nitrogen and oxygen atoms in total. The molecule has 0 atom stereocenters. The second kappa shape index (κ2) is 4.14. The predicted molar refractivity (Wildman–Crippen MR) is 49.4 cm³/mol. The van der Waals surface area contributed by atoms with Crippen LogP contribution in [0, 0.1) is 28.3 Å². The lowest BCUT2D eigenvalue weighted by molar-refractivity contribution is 0.0545. The minimum Gasteiger partial charge on any atom is -0.421 e. The van der Waals surface area contributed by atoms with Crippen molar-refractivity contribution < 1.29 is 4.74 Å². The van der Waals surface area contributed by atoms with E-state index in [4.69, 9.17) is 15.3 Å². The number of nitriles is 2. The maximum absolute atomic E-state index is 8.76. The molecule has 13 heavy (non-hydrogen) atoms. The fourth-order valence-electron chi connectivity index (χ4n) is 0.844. The normalized spacial score (nSPS) is 11.5. The van der Waals surface area contributed by atoms with Gasteiger partial charge in [0, 0.05) is 0 Å². The van der Waals surface area contributed by atoms with E-state index in [-0.39, 0.29) is 5.41 Å². The molecule has 0 saturated heterocycles. The maximum atomic E-state index is 8.76. The highest BCUT2D eigenvalue weighted by molar-refractivity contribution is 4.93. The Labute approximate surface area is 79.9 Å². The van der Waals surface area contributed by atoms with Crippen LogP contribution in [-0.2, 0) is 4.74 Å². The lowest BCUT2D eigenvalue weighted by Gasteiger charge is -2.24. The van der Waals surface area contributed by atoms with Gasteiger partial charge in [-0.05, 0) is 40.5 Å². The smallest absolute Gasteiger partial charge is 0.286 e. The number of hydrogen-bond acceptors (Lipinski definition) is 3. The molecule has 0 N–H and O–H groups in total. The summed E-state index contributed by atoms with van der Waals surface area (Å²) in [4.78, 5) is 0. The summed E-state index contributed by atoms with van der Waals surface area (Å²) in [6.45, 7) is 7.47. The van der Waals surface area contributed by atoms with Crippen LogP contribution in [0.2, 0.25) is 0 Å². The van der Waals surface area contributed by atoms with Gasteiger partial charge in [0.15, 0.2) is 0 Å². The highest BCUT2D eigenvalue weighted by Gasteiger charge is 2.25. The molecular weight excluding hydrogens is 164 g/mol. The summed E-state index contributed by atoms with van der Waals surface area (Å²) >= 11 is 0. The Morgan fingerprint density at radius 2 is 1.62 bits per heavy atom. The van der Waals surface area contributed by atoms with Crippen molar-refractivity contribution in [1.29, 1.82) is 10.5 Å². The summed E-state index contributed by atoms with van der Waals surface area (Å²) in [6, 6.07) is 2.22. The maximum Gasteiger partial charge on any atom is 0.286 e. The van der Waals surface area contributed by atoms with Gasteiger partial charge in [0.2, 0.25) is 0 Å². The van der Waals surface area contributed by atoms with E-state index in [9.17, 15) is 0 Å². The van der Waals surface area contributed by atoms with Crippen LogP contribution >= 0.6 is 0 Å². The van der Waals surface area contributed by atoms with Crippen molar-refractivity contribution in [3.63, 3.8) is 0 Å². The van der Waals surface area contributed by atoms with Crippen molar-refractivity contribution >= 4 is 0 Å². The van der Waals surface area contributed by atoms with E-state index in [0.717, 1.165) is 6.42 Å². The molecule has 0 aliphatic rings. The first-order chi connectivity index (χ1) is 5.83. The molecule has 0 rings (SSSR count). The molecule has 0 spiro atoms.